The average molecular weight is 262 g/mol. The lowest BCUT2D eigenvalue weighted by molar-refractivity contribution is -0.122. The van der Waals surface area contributed by atoms with E-state index in [0.29, 0.717) is 30.5 Å². The molecular weight excluding hydrogens is 240 g/mol. The molecule has 2 atom stereocenters. The summed E-state index contributed by atoms with van der Waals surface area (Å²) >= 11 is 0. The van der Waals surface area contributed by atoms with Crippen molar-refractivity contribution in [2.24, 2.45) is 5.92 Å². The summed E-state index contributed by atoms with van der Waals surface area (Å²) in [4.78, 5) is 11.7. The monoisotopic (exact) mass is 262 g/mol. The quantitative estimate of drug-likeness (QED) is 0.801. The fraction of sp³-hybridized carbons (Fsp3) is 0.533. The lowest BCUT2D eigenvalue weighted by atomic mass is 10.1. The van der Waals surface area contributed by atoms with Crippen LogP contribution < -0.4 is 15.8 Å². The van der Waals surface area contributed by atoms with Gasteiger partial charge in [-0.05, 0) is 37.3 Å². The van der Waals surface area contributed by atoms with Crippen molar-refractivity contribution in [2.75, 3.05) is 12.3 Å². The molecule has 104 valence electrons. The topological polar surface area (TPSA) is 64.3 Å². The number of carbonyl (C=O) groups is 1. The zero-order valence-electron chi connectivity index (χ0n) is 11.4. The Hall–Kier alpha value is -1.71. The van der Waals surface area contributed by atoms with Crippen molar-refractivity contribution in [1.29, 1.82) is 0 Å². The van der Waals surface area contributed by atoms with E-state index < -0.39 is 0 Å². The smallest absolute Gasteiger partial charge is 0.223 e. The summed E-state index contributed by atoms with van der Waals surface area (Å²) < 4.78 is 5.50. The number of nitrogen functional groups attached to an aromatic ring is 1. The van der Waals surface area contributed by atoms with Crippen LogP contribution in [0, 0.1) is 5.92 Å². The molecule has 0 heterocycles. The molecule has 19 heavy (non-hydrogen) atoms. The highest BCUT2D eigenvalue weighted by Crippen LogP contribution is 2.24. The van der Waals surface area contributed by atoms with Crippen molar-refractivity contribution >= 4 is 11.6 Å². The zero-order valence-corrected chi connectivity index (χ0v) is 11.4. The average Bonchev–Trinajstić information content (AvgIpc) is 2.75. The van der Waals surface area contributed by atoms with Crippen molar-refractivity contribution in [3.63, 3.8) is 0 Å². The molecule has 2 rings (SSSR count). The van der Waals surface area contributed by atoms with Crippen LogP contribution in [0.2, 0.25) is 0 Å². The lowest BCUT2D eigenvalue weighted by Crippen LogP contribution is -2.33. The van der Waals surface area contributed by atoms with E-state index in [-0.39, 0.29) is 5.91 Å². The highest BCUT2D eigenvalue weighted by molar-refractivity contribution is 5.76. The largest absolute Gasteiger partial charge is 0.493 e. The van der Waals surface area contributed by atoms with Crippen molar-refractivity contribution in [1.82, 2.24) is 5.32 Å². The summed E-state index contributed by atoms with van der Waals surface area (Å²) in [5.74, 6) is 1.51. The van der Waals surface area contributed by atoms with Crippen LogP contribution in [-0.4, -0.2) is 18.6 Å². The fourth-order valence-electron chi connectivity index (χ4n) is 2.50. The van der Waals surface area contributed by atoms with Crippen molar-refractivity contribution < 1.29 is 9.53 Å². The van der Waals surface area contributed by atoms with Crippen LogP contribution in [0.5, 0.6) is 5.75 Å². The first-order chi connectivity index (χ1) is 9.13. The maximum absolute atomic E-state index is 11.7. The van der Waals surface area contributed by atoms with Gasteiger partial charge in [0.05, 0.1) is 13.0 Å². The van der Waals surface area contributed by atoms with Gasteiger partial charge in [-0.25, -0.2) is 0 Å². The number of benzene rings is 1. The Kier molecular flexibility index (Phi) is 4.66. The second-order valence-electron chi connectivity index (χ2n) is 5.35. The molecule has 0 radical (unpaired) electrons. The molecule has 1 saturated carbocycles. The van der Waals surface area contributed by atoms with E-state index in [1.807, 2.05) is 12.1 Å². The van der Waals surface area contributed by atoms with Gasteiger partial charge in [0.15, 0.2) is 0 Å². The highest BCUT2D eigenvalue weighted by Gasteiger charge is 2.22. The van der Waals surface area contributed by atoms with E-state index in [2.05, 4.69) is 12.2 Å². The molecule has 0 spiro atoms. The Morgan fingerprint density at radius 3 is 3.00 bits per heavy atom. The first kappa shape index (κ1) is 13.7. The first-order valence-corrected chi connectivity index (χ1v) is 6.91. The highest BCUT2D eigenvalue weighted by atomic mass is 16.5. The first-order valence-electron chi connectivity index (χ1n) is 6.91. The molecule has 2 unspecified atom stereocenters. The van der Waals surface area contributed by atoms with Gasteiger partial charge in [0.1, 0.15) is 5.75 Å². The maximum atomic E-state index is 11.7. The minimum atomic E-state index is 0.0722. The van der Waals surface area contributed by atoms with Crippen LogP contribution in [0.3, 0.4) is 0 Å². The van der Waals surface area contributed by atoms with Crippen molar-refractivity contribution in [3.8, 4) is 5.75 Å². The summed E-state index contributed by atoms with van der Waals surface area (Å²) in [6.07, 6.45) is 3.80. The van der Waals surface area contributed by atoms with Gasteiger partial charge in [-0.15, -0.1) is 0 Å². The molecular formula is C15H22N2O2. The number of nitrogens with two attached hydrogens (primary N) is 1. The molecule has 1 aliphatic carbocycles. The molecule has 0 saturated heterocycles. The van der Waals surface area contributed by atoms with Crippen LogP contribution in [0.15, 0.2) is 24.3 Å². The Morgan fingerprint density at radius 1 is 1.47 bits per heavy atom. The predicted octanol–water partition coefficient (Wildman–Crippen LogP) is 2.34. The number of carbonyl (C=O) groups excluding carboxylic acids is 1. The molecule has 1 fully saturated rings. The molecule has 1 aromatic rings. The number of hydrogen-bond donors (Lipinski definition) is 2. The van der Waals surface area contributed by atoms with E-state index >= 15 is 0 Å². The van der Waals surface area contributed by atoms with Crippen LogP contribution in [0.4, 0.5) is 5.69 Å². The van der Waals surface area contributed by atoms with Gasteiger partial charge in [-0.3, -0.25) is 4.79 Å². The molecule has 1 aliphatic rings. The molecule has 4 heteroatoms. The van der Waals surface area contributed by atoms with E-state index in [4.69, 9.17) is 10.5 Å². The Bertz CT molecular complexity index is 434. The summed E-state index contributed by atoms with van der Waals surface area (Å²) in [7, 11) is 0. The third-order valence-electron chi connectivity index (χ3n) is 3.52. The summed E-state index contributed by atoms with van der Waals surface area (Å²) in [6.45, 7) is 2.62. The molecule has 4 nitrogen and oxygen atoms in total. The molecule has 0 aliphatic heterocycles. The van der Waals surface area contributed by atoms with Gasteiger partial charge < -0.3 is 15.8 Å². The number of anilines is 1. The normalized spacial score (nSPS) is 22.2. The number of nitrogens with one attached hydrogen (secondary N) is 1. The third kappa shape index (κ3) is 4.47. The fourth-order valence-corrected chi connectivity index (χ4v) is 2.50. The Balaban J connectivity index is 1.66. The number of hydrogen-bond acceptors (Lipinski definition) is 3. The molecule has 1 aromatic carbocycles. The SMILES string of the molecule is CC1CCC(NC(=O)CCOc2cccc(N)c2)C1. The van der Waals surface area contributed by atoms with Gasteiger partial charge in [0, 0.05) is 17.8 Å². The van der Waals surface area contributed by atoms with E-state index in [1.165, 1.54) is 6.42 Å². The minimum absolute atomic E-state index is 0.0722. The van der Waals surface area contributed by atoms with Gasteiger partial charge in [-0.1, -0.05) is 13.0 Å². The van der Waals surface area contributed by atoms with E-state index in [1.54, 1.807) is 12.1 Å². The zero-order chi connectivity index (χ0) is 13.7. The Labute approximate surface area is 114 Å². The van der Waals surface area contributed by atoms with Crippen LogP contribution >= 0.6 is 0 Å². The predicted molar refractivity (Wildman–Crippen MR) is 75.9 cm³/mol. The standard InChI is InChI=1S/C15H22N2O2/c1-11-5-6-13(9-11)17-15(18)7-8-19-14-4-2-3-12(16)10-14/h2-4,10-11,13H,5-9,16H2,1H3,(H,17,18). The van der Waals surface area contributed by atoms with Gasteiger partial charge >= 0.3 is 0 Å². The molecule has 1 amide bonds. The van der Waals surface area contributed by atoms with Gasteiger partial charge in [0.2, 0.25) is 5.91 Å². The third-order valence-corrected chi connectivity index (χ3v) is 3.52. The summed E-state index contributed by atoms with van der Waals surface area (Å²) in [5, 5.41) is 3.06. The number of ether oxygens (including phenoxy) is 1. The second-order valence-corrected chi connectivity index (χ2v) is 5.35. The van der Waals surface area contributed by atoms with Crippen LogP contribution in [0.1, 0.15) is 32.6 Å². The van der Waals surface area contributed by atoms with Crippen molar-refractivity contribution in [2.45, 2.75) is 38.6 Å². The van der Waals surface area contributed by atoms with Gasteiger partial charge in [-0.2, -0.15) is 0 Å². The van der Waals surface area contributed by atoms with E-state index in [9.17, 15) is 4.79 Å². The minimum Gasteiger partial charge on any atom is -0.493 e. The summed E-state index contributed by atoms with van der Waals surface area (Å²) in [5.41, 5.74) is 6.32. The van der Waals surface area contributed by atoms with Gasteiger partial charge in [0.25, 0.3) is 0 Å². The maximum Gasteiger partial charge on any atom is 0.223 e. The molecule has 0 bridgehead atoms. The number of rotatable bonds is 5. The summed E-state index contributed by atoms with van der Waals surface area (Å²) in [6, 6.07) is 7.60. The van der Waals surface area contributed by atoms with Crippen molar-refractivity contribution in [3.05, 3.63) is 24.3 Å². The number of amides is 1. The molecule has 0 aromatic heterocycles. The van der Waals surface area contributed by atoms with E-state index in [0.717, 1.165) is 18.8 Å². The molecule has 3 N–H and O–H groups in total. The van der Waals surface area contributed by atoms with Crippen LogP contribution in [-0.2, 0) is 4.79 Å². The Morgan fingerprint density at radius 2 is 2.32 bits per heavy atom. The lowest BCUT2D eigenvalue weighted by Gasteiger charge is -2.12. The van der Waals surface area contributed by atoms with Crippen LogP contribution in [0.25, 0.3) is 0 Å². The second kappa shape index (κ2) is 6.45.